The molecular formula is C13H17N5O. The van der Waals surface area contributed by atoms with Gasteiger partial charge in [0.2, 0.25) is 0 Å². The standard InChI is InChI=1S/C13H17N5O/c1-17-2-4-18(5-3-17)13(19)10-6-9(14)7-12-11(10)8-15-16-12/h6-8H,2-5,14H2,1H3,(H,15,16). The van der Waals surface area contributed by atoms with Gasteiger partial charge in [-0.25, -0.2) is 0 Å². The highest BCUT2D eigenvalue weighted by Crippen LogP contribution is 2.22. The molecule has 1 aromatic carbocycles. The molecule has 0 radical (unpaired) electrons. The van der Waals surface area contributed by atoms with Crippen molar-refractivity contribution in [3.63, 3.8) is 0 Å². The average molecular weight is 259 g/mol. The number of nitrogen functional groups attached to an aromatic ring is 1. The molecule has 1 aromatic heterocycles. The van der Waals surface area contributed by atoms with Crippen molar-refractivity contribution >= 4 is 22.5 Å². The number of hydrogen-bond acceptors (Lipinski definition) is 4. The number of amides is 1. The predicted octanol–water partition coefficient (Wildman–Crippen LogP) is 0.533. The van der Waals surface area contributed by atoms with Crippen LogP contribution >= 0.6 is 0 Å². The second-order valence-corrected chi connectivity index (χ2v) is 5.00. The van der Waals surface area contributed by atoms with Gasteiger partial charge >= 0.3 is 0 Å². The summed E-state index contributed by atoms with van der Waals surface area (Å²) in [5.74, 6) is 0.0341. The number of benzene rings is 1. The molecule has 6 heteroatoms. The van der Waals surface area contributed by atoms with Crippen molar-refractivity contribution in [3.05, 3.63) is 23.9 Å². The Hall–Kier alpha value is -2.08. The summed E-state index contributed by atoms with van der Waals surface area (Å²) in [7, 11) is 2.07. The lowest BCUT2D eigenvalue weighted by atomic mass is 10.1. The first-order valence-electron chi connectivity index (χ1n) is 6.35. The third-order valence-electron chi connectivity index (χ3n) is 3.60. The van der Waals surface area contributed by atoms with Crippen LogP contribution in [0.4, 0.5) is 5.69 Å². The molecule has 6 nitrogen and oxygen atoms in total. The predicted molar refractivity (Wildman–Crippen MR) is 73.9 cm³/mol. The van der Waals surface area contributed by atoms with E-state index in [-0.39, 0.29) is 5.91 Å². The van der Waals surface area contributed by atoms with Gasteiger partial charge in [-0.05, 0) is 19.2 Å². The SMILES string of the molecule is CN1CCN(C(=O)c2cc(N)cc3[nH]ncc23)CC1. The molecule has 0 unspecified atom stereocenters. The van der Waals surface area contributed by atoms with Crippen LogP contribution in [0.1, 0.15) is 10.4 Å². The minimum absolute atomic E-state index is 0.0341. The van der Waals surface area contributed by atoms with E-state index in [0.29, 0.717) is 11.3 Å². The first-order chi connectivity index (χ1) is 9.15. The fourth-order valence-electron chi connectivity index (χ4n) is 2.43. The summed E-state index contributed by atoms with van der Waals surface area (Å²) < 4.78 is 0. The third kappa shape index (κ3) is 2.15. The summed E-state index contributed by atoms with van der Waals surface area (Å²) in [5, 5.41) is 7.67. The third-order valence-corrected chi connectivity index (χ3v) is 3.60. The molecule has 1 amide bonds. The molecule has 2 heterocycles. The maximum absolute atomic E-state index is 12.6. The van der Waals surface area contributed by atoms with Crippen molar-refractivity contribution in [2.24, 2.45) is 0 Å². The Morgan fingerprint density at radius 1 is 1.32 bits per heavy atom. The molecule has 1 aliphatic rings. The van der Waals surface area contributed by atoms with E-state index >= 15 is 0 Å². The van der Waals surface area contributed by atoms with E-state index in [1.54, 1.807) is 18.3 Å². The number of rotatable bonds is 1. The molecule has 1 saturated heterocycles. The Kier molecular flexibility index (Phi) is 2.87. The summed E-state index contributed by atoms with van der Waals surface area (Å²) in [4.78, 5) is 16.7. The molecule has 0 aliphatic carbocycles. The molecule has 3 rings (SSSR count). The van der Waals surface area contributed by atoms with E-state index in [2.05, 4.69) is 22.1 Å². The van der Waals surface area contributed by atoms with Crippen LogP contribution in [0.25, 0.3) is 10.9 Å². The quantitative estimate of drug-likeness (QED) is 0.732. The fourth-order valence-corrected chi connectivity index (χ4v) is 2.43. The van der Waals surface area contributed by atoms with E-state index in [9.17, 15) is 4.79 Å². The fraction of sp³-hybridized carbons (Fsp3) is 0.385. The highest BCUT2D eigenvalue weighted by molar-refractivity contribution is 6.07. The van der Waals surface area contributed by atoms with Crippen LogP contribution in [-0.4, -0.2) is 59.1 Å². The average Bonchev–Trinajstić information content (AvgIpc) is 2.85. The summed E-state index contributed by atoms with van der Waals surface area (Å²) >= 11 is 0. The number of piperazine rings is 1. The van der Waals surface area contributed by atoms with Crippen LogP contribution in [0.2, 0.25) is 0 Å². The number of carbonyl (C=O) groups is 1. The molecule has 0 atom stereocenters. The van der Waals surface area contributed by atoms with Crippen LogP contribution in [0, 0.1) is 0 Å². The Morgan fingerprint density at radius 2 is 2.05 bits per heavy atom. The Balaban J connectivity index is 1.95. The number of fused-ring (bicyclic) bond motifs is 1. The molecule has 0 spiro atoms. The molecule has 3 N–H and O–H groups in total. The highest BCUT2D eigenvalue weighted by atomic mass is 16.2. The number of nitrogens with one attached hydrogen (secondary N) is 1. The van der Waals surface area contributed by atoms with Gasteiger partial charge < -0.3 is 15.5 Å². The zero-order chi connectivity index (χ0) is 13.4. The van der Waals surface area contributed by atoms with Gasteiger partial charge in [-0.2, -0.15) is 5.10 Å². The lowest BCUT2D eigenvalue weighted by Crippen LogP contribution is -2.47. The molecule has 0 saturated carbocycles. The number of nitrogens with zero attached hydrogens (tertiary/aromatic N) is 3. The van der Waals surface area contributed by atoms with Gasteiger partial charge in [0.1, 0.15) is 0 Å². The zero-order valence-corrected chi connectivity index (χ0v) is 10.9. The van der Waals surface area contributed by atoms with Gasteiger partial charge in [0.15, 0.2) is 0 Å². The van der Waals surface area contributed by atoms with Crippen LogP contribution in [0.5, 0.6) is 0 Å². The Labute approximate surface area is 111 Å². The van der Waals surface area contributed by atoms with Crippen LogP contribution in [-0.2, 0) is 0 Å². The summed E-state index contributed by atoms with van der Waals surface area (Å²) in [6.07, 6.45) is 1.68. The maximum atomic E-state index is 12.6. The number of H-pyrrole nitrogens is 1. The number of carbonyl (C=O) groups excluding carboxylic acids is 1. The van der Waals surface area contributed by atoms with E-state index in [1.807, 2.05) is 4.90 Å². The molecule has 0 bridgehead atoms. The Bertz CT molecular complexity index is 613. The monoisotopic (exact) mass is 259 g/mol. The van der Waals surface area contributed by atoms with E-state index in [1.165, 1.54) is 0 Å². The zero-order valence-electron chi connectivity index (χ0n) is 10.9. The van der Waals surface area contributed by atoms with Crippen LogP contribution in [0.3, 0.4) is 0 Å². The second-order valence-electron chi connectivity index (χ2n) is 5.00. The van der Waals surface area contributed by atoms with Crippen LogP contribution in [0.15, 0.2) is 18.3 Å². The van der Waals surface area contributed by atoms with E-state index in [0.717, 1.165) is 37.1 Å². The lowest BCUT2D eigenvalue weighted by Gasteiger charge is -2.32. The molecule has 1 fully saturated rings. The summed E-state index contributed by atoms with van der Waals surface area (Å²) in [6, 6.07) is 3.53. The highest BCUT2D eigenvalue weighted by Gasteiger charge is 2.22. The van der Waals surface area contributed by atoms with Gasteiger partial charge in [-0.1, -0.05) is 0 Å². The van der Waals surface area contributed by atoms with Gasteiger partial charge in [0, 0.05) is 37.3 Å². The van der Waals surface area contributed by atoms with Crippen LogP contribution < -0.4 is 5.73 Å². The first-order valence-corrected chi connectivity index (χ1v) is 6.35. The van der Waals surface area contributed by atoms with E-state index < -0.39 is 0 Å². The lowest BCUT2D eigenvalue weighted by molar-refractivity contribution is 0.0666. The van der Waals surface area contributed by atoms with Gasteiger partial charge in [-0.15, -0.1) is 0 Å². The number of hydrogen-bond donors (Lipinski definition) is 2. The summed E-state index contributed by atoms with van der Waals surface area (Å²) in [5.41, 5.74) is 7.86. The van der Waals surface area contributed by atoms with Crippen molar-refractivity contribution < 1.29 is 4.79 Å². The molecule has 19 heavy (non-hydrogen) atoms. The molecule has 1 aliphatic heterocycles. The second kappa shape index (κ2) is 4.55. The number of anilines is 1. The van der Waals surface area contributed by atoms with Gasteiger partial charge in [0.25, 0.3) is 5.91 Å². The van der Waals surface area contributed by atoms with Crippen molar-refractivity contribution in [1.29, 1.82) is 0 Å². The molecule has 100 valence electrons. The number of likely N-dealkylation sites (N-methyl/N-ethyl adjacent to an activating group) is 1. The minimum atomic E-state index is 0.0341. The van der Waals surface area contributed by atoms with Crippen molar-refractivity contribution in [1.82, 2.24) is 20.0 Å². The minimum Gasteiger partial charge on any atom is -0.399 e. The number of nitrogens with two attached hydrogens (primary N) is 1. The first kappa shape index (κ1) is 12.0. The number of aromatic amines is 1. The van der Waals surface area contributed by atoms with Crippen molar-refractivity contribution in [3.8, 4) is 0 Å². The summed E-state index contributed by atoms with van der Waals surface area (Å²) in [6.45, 7) is 3.32. The van der Waals surface area contributed by atoms with Gasteiger partial charge in [-0.3, -0.25) is 9.89 Å². The largest absolute Gasteiger partial charge is 0.399 e. The maximum Gasteiger partial charge on any atom is 0.254 e. The smallest absolute Gasteiger partial charge is 0.254 e. The molecular weight excluding hydrogens is 242 g/mol. The van der Waals surface area contributed by atoms with Gasteiger partial charge in [0.05, 0.1) is 17.3 Å². The number of aromatic nitrogens is 2. The normalized spacial score (nSPS) is 17.0. The van der Waals surface area contributed by atoms with Crippen molar-refractivity contribution in [2.75, 3.05) is 39.0 Å². The van der Waals surface area contributed by atoms with Crippen molar-refractivity contribution in [2.45, 2.75) is 0 Å². The van der Waals surface area contributed by atoms with E-state index in [4.69, 9.17) is 5.73 Å². The molecule has 2 aromatic rings. The Morgan fingerprint density at radius 3 is 2.79 bits per heavy atom. The topological polar surface area (TPSA) is 78.2 Å².